The third-order valence-corrected chi connectivity index (χ3v) is 6.70. The van der Waals surface area contributed by atoms with E-state index in [4.69, 9.17) is 0 Å². The van der Waals surface area contributed by atoms with Crippen molar-refractivity contribution in [2.45, 2.75) is 39.3 Å². The quantitative estimate of drug-likeness (QED) is 0.229. The van der Waals surface area contributed by atoms with Gasteiger partial charge in [0.2, 0.25) is 0 Å². The lowest BCUT2D eigenvalue weighted by molar-refractivity contribution is -0.137. The summed E-state index contributed by atoms with van der Waals surface area (Å²) in [5.74, 6) is -0.516. The Kier molecular flexibility index (Phi) is 7.27. The molecule has 2 heterocycles. The minimum absolute atomic E-state index is 0.309. The number of hydrogen-bond donors (Lipinski definition) is 4. The average Bonchev–Trinajstić information content (AvgIpc) is 3.51. The summed E-state index contributed by atoms with van der Waals surface area (Å²) >= 11 is 1.67. The maximum absolute atomic E-state index is 13.8. The predicted octanol–water partition coefficient (Wildman–Crippen LogP) is 5.87. The number of H-pyrrole nitrogens is 1. The lowest BCUT2D eigenvalue weighted by atomic mass is 10.0. The van der Waals surface area contributed by atoms with Gasteiger partial charge in [-0.3, -0.25) is 0 Å². The van der Waals surface area contributed by atoms with Crippen molar-refractivity contribution in [3.63, 3.8) is 0 Å². The molecule has 6 nitrogen and oxygen atoms in total. The fourth-order valence-electron chi connectivity index (χ4n) is 3.88. The van der Waals surface area contributed by atoms with Crippen LogP contribution in [0.2, 0.25) is 0 Å². The van der Waals surface area contributed by atoms with Crippen LogP contribution in [-0.2, 0) is 24.2 Å². The summed E-state index contributed by atoms with van der Waals surface area (Å²) in [6.07, 6.45) is 4.41. The van der Waals surface area contributed by atoms with E-state index < -0.39 is 12.0 Å². The molecule has 8 heteroatoms. The van der Waals surface area contributed by atoms with Crippen molar-refractivity contribution < 1.29 is 14.3 Å². The van der Waals surface area contributed by atoms with Gasteiger partial charge in [0.1, 0.15) is 11.9 Å². The maximum Gasteiger partial charge on any atom is 0.326 e. The van der Waals surface area contributed by atoms with E-state index >= 15 is 0 Å². The number of halogens is 1. The number of nitrogens with zero attached hydrogens (tertiary/aromatic N) is 1. The van der Waals surface area contributed by atoms with Gasteiger partial charge in [0, 0.05) is 35.9 Å². The van der Waals surface area contributed by atoms with Gasteiger partial charge < -0.3 is 20.7 Å². The first-order valence-electron chi connectivity index (χ1n) is 11.1. The number of carboxylic acids is 1. The Labute approximate surface area is 201 Å². The highest BCUT2D eigenvalue weighted by Crippen LogP contribution is 2.29. The molecule has 2 aromatic carbocycles. The number of hydrogen-bond acceptors (Lipinski definition) is 5. The molecule has 0 spiro atoms. The third-order valence-electron chi connectivity index (χ3n) is 5.67. The highest BCUT2D eigenvalue weighted by atomic mass is 32.1. The van der Waals surface area contributed by atoms with E-state index in [9.17, 15) is 14.3 Å². The number of nitrogens with one attached hydrogen (secondary N) is 3. The smallest absolute Gasteiger partial charge is 0.326 e. The molecule has 0 aliphatic heterocycles. The number of benzene rings is 2. The van der Waals surface area contributed by atoms with Crippen LogP contribution in [0.25, 0.3) is 10.4 Å². The van der Waals surface area contributed by atoms with Gasteiger partial charge in [0.25, 0.3) is 0 Å². The molecular weight excluding hydrogens is 451 g/mol. The van der Waals surface area contributed by atoms with E-state index in [2.05, 4.69) is 32.0 Å². The third kappa shape index (κ3) is 5.63. The summed E-state index contributed by atoms with van der Waals surface area (Å²) in [5.41, 5.74) is 5.33. The van der Waals surface area contributed by atoms with E-state index in [1.807, 2.05) is 31.2 Å². The number of thiophene rings is 1. The highest BCUT2D eigenvalue weighted by Gasteiger charge is 2.20. The number of carbonyl (C=O) groups is 1. The van der Waals surface area contributed by atoms with Gasteiger partial charge >= 0.3 is 5.97 Å². The molecule has 0 amide bonds. The van der Waals surface area contributed by atoms with Crippen LogP contribution < -0.4 is 10.6 Å². The predicted molar refractivity (Wildman–Crippen MR) is 135 cm³/mol. The number of aliphatic carboxylic acids is 1. The lowest BCUT2D eigenvalue weighted by Crippen LogP contribution is -2.32. The number of carboxylic acid groups (broad SMARTS) is 1. The molecule has 2 aromatic heterocycles. The molecule has 0 radical (unpaired) electrons. The second kappa shape index (κ2) is 10.5. The molecule has 0 saturated heterocycles. The van der Waals surface area contributed by atoms with Crippen LogP contribution in [0.1, 0.15) is 29.2 Å². The molecule has 4 aromatic rings. The minimum Gasteiger partial charge on any atom is -0.480 e. The van der Waals surface area contributed by atoms with Crippen LogP contribution in [0, 0.1) is 12.7 Å². The van der Waals surface area contributed by atoms with Crippen LogP contribution in [0.4, 0.5) is 16.0 Å². The molecule has 0 saturated carbocycles. The van der Waals surface area contributed by atoms with Crippen LogP contribution in [0.15, 0.2) is 60.2 Å². The zero-order valence-corrected chi connectivity index (χ0v) is 19.9. The first-order valence-corrected chi connectivity index (χ1v) is 12.0. The van der Waals surface area contributed by atoms with Gasteiger partial charge in [-0.2, -0.15) is 0 Å². The average molecular weight is 479 g/mol. The van der Waals surface area contributed by atoms with Crippen LogP contribution in [-0.4, -0.2) is 27.1 Å². The minimum atomic E-state index is -0.943. The van der Waals surface area contributed by atoms with E-state index in [1.165, 1.54) is 12.1 Å². The number of aromatic nitrogens is 2. The molecule has 4 rings (SSSR count). The van der Waals surface area contributed by atoms with Crippen molar-refractivity contribution >= 4 is 28.9 Å². The van der Waals surface area contributed by atoms with Gasteiger partial charge in [-0.05, 0) is 64.7 Å². The largest absolute Gasteiger partial charge is 0.480 e. The number of aromatic amines is 1. The maximum atomic E-state index is 13.8. The summed E-state index contributed by atoms with van der Waals surface area (Å²) in [6.45, 7) is 4.39. The second-order valence-corrected chi connectivity index (χ2v) is 9.07. The summed E-state index contributed by atoms with van der Waals surface area (Å²) in [5, 5.41) is 18.3. The standard InChI is InChI=1S/C26H27FN4O2S/c1-3-19-13-21(27)10-16(2)24(19)31-22(25(32)33)11-17-4-6-20(7-5-17)23-12-18(15-34-23)14-30-26-28-8-9-29-26/h4-10,12-13,15,22,31H,3,11,14H2,1-2H3,(H,32,33)(H2,28,29,30). The highest BCUT2D eigenvalue weighted by molar-refractivity contribution is 7.13. The monoisotopic (exact) mass is 478 g/mol. The molecule has 0 bridgehead atoms. The molecule has 0 fully saturated rings. The van der Waals surface area contributed by atoms with Crippen molar-refractivity contribution in [3.05, 3.63) is 88.3 Å². The van der Waals surface area contributed by atoms with E-state index in [0.717, 1.165) is 33.1 Å². The normalized spacial score (nSPS) is 11.9. The molecule has 34 heavy (non-hydrogen) atoms. The number of anilines is 2. The van der Waals surface area contributed by atoms with Crippen molar-refractivity contribution in [2.75, 3.05) is 10.6 Å². The molecule has 176 valence electrons. The Hall–Kier alpha value is -3.65. The van der Waals surface area contributed by atoms with Crippen molar-refractivity contribution in [3.8, 4) is 10.4 Å². The Morgan fingerprint density at radius 1 is 1.21 bits per heavy atom. The van der Waals surface area contributed by atoms with Gasteiger partial charge in [-0.15, -0.1) is 11.3 Å². The molecule has 1 atom stereocenters. The van der Waals surface area contributed by atoms with Gasteiger partial charge in [-0.1, -0.05) is 31.2 Å². The van der Waals surface area contributed by atoms with E-state index in [0.29, 0.717) is 30.6 Å². The fraction of sp³-hybridized carbons (Fsp3) is 0.231. The Bertz CT molecular complexity index is 1250. The fourth-order valence-corrected chi connectivity index (χ4v) is 4.80. The van der Waals surface area contributed by atoms with Crippen molar-refractivity contribution in [2.24, 2.45) is 0 Å². The van der Waals surface area contributed by atoms with E-state index in [1.54, 1.807) is 30.7 Å². The zero-order chi connectivity index (χ0) is 24.1. The van der Waals surface area contributed by atoms with Gasteiger partial charge in [-0.25, -0.2) is 14.2 Å². The molecule has 0 aliphatic carbocycles. The zero-order valence-electron chi connectivity index (χ0n) is 19.1. The molecule has 0 aliphatic rings. The summed E-state index contributed by atoms with van der Waals surface area (Å²) in [7, 11) is 0. The van der Waals surface area contributed by atoms with Gasteiger partial charge in [0.05, 0.1) is 0 Å². The van der Waals surface area contributed by atoms with Gasteiger partial charge in [0.15, 0.2) is 5.95 Å². The summed E-state index contributed by atoms with van der Waals surface area (Å²) in [6, 6.07) is 12.2. The first-order chi connectivity index (χ1) is 16.4. The number of imidazole rings is 1. The second-order valence-electron chi connectivity index (χ2n) is 8.16. The molecule has 4 N–H and O–H groups in total. The SMILES string of the molecule is CCc1cc(F)cc(C)c1NC(Cc1ccc(-c2cc(CNc3ncc[nH]3)cs2)cc1)C(=O)O. The molecule has 1 unspecified atom stereocenters. The number of aryl methyl sites for hydroxylation is 2. The summed E-state index contributed by atoms with van der Waals surface area (Å²) in [4.78, 5) is 20.3. The molecular formula is C26H27FN4O2S. The Balaban J connectivity index is 1.43. The number of rotatable bonds is 10. The van der Waals surface area contributed by atoms with Crippen LogP contribution >= 0.6 is 11.3 Å². The summed E-state index contributed by atoms with van der Waals surface area (Å²) < 4.78 is 13.8. The van der Waals surface area contributed by atoms with Crippen molar-refractivity contribution in [1.82, 2.24) is 9.97 Å². The first kappa shape index (κ1) is 23.5. The van der Waals surface area contributed by atoms with Crippen LogP contribution in [0.3, 0.4) is 0 Å². The van der Waals surface area contributed by atoms with E-state index in [-0.39, 0.29) is 5.82 Å². The van der Waals surface area contributed by atoms with Crippen LogP contribution in [0.5, 0.6) is 0 Å². The lowest BCUT2D eigenvalue weighted by Gasteiger charge is -2.20. The van der Waals surface area contributed by atoms with Crippen molar-refractivity contribution in [1.29, 1.82) is 0 Å². The Morgan fingerprint density at radius 2 is 2.00 bits per heavy atom. The topological polar surface area (TPSA) is 90.0 Å². The Morgan fingerprint density at radius 3 is 2.68 bits per heavy atom.